The molecule has 1 aromatic rings. The van der Waals surface area contributed by atoms with Crippen LogP contribution in [0.5, 0.6) is 0 Å². The van der Waals surface area contributed by atoms with Crippen LogP contribution in [0.15, 0.2) is 47.2 Å². The Balaban J connectivity index is 2.39. The van der Waals surface area contributed by atoms with Crippen LogP contribution >= 0.6 is 0 Å². The Hall–Kier alpha value is -4.36. The van der Waals surface area contributed by atoms with E-state index in [1.807, 2.05) is 0 Å². The average molecular weight is 481 g/mol. The molecule has 1 heterocycles. The molecule has 184 valence electrons. The lowest BCUT2D eigenvalue weighted by atomic mass is 9.90. The molecule has 0 saturated heterocycles. The van der Waals surface area contributed by atoms with Gasteiger partial charge in [0.15, 0.2) is 0 Å². The summed E-state index contributed by atoms with van der Waals surface area (Å²) in [4.78, 5) is 49.4. The van der Waals surface area contributed by atoms with Crippen LogP contribution in [0, 0.1) is 20.2 Å². The molecule has 14 heteroatoms. The number of allylic oxidation sites excluding steroid dienone is 2. The molecule has 1 unspecified atom stereocenters. The molecular formula is C20H23N3O11. The number of dihydropyridines is 1. The molecule has 0 spiro atoms. The molecule has 0 fully saturated rings. The Morgan fingerprint density at radius 1 is 1.03 bits per heavy atom. The second-order valence-electron chi connectivity index (χ2n) is 7.16. The van der Waals surface area contributed by atoms with Gasteiger partial charge in [0, 0.05) is 12.1 Å². The molecule has 1 aromatic carbocycles. The van der Waals surface area contributed by atoms with Crippen molar-refractivity contribution in [3.05, 3.63) is 73.0 Å². The topological polar surface area (TPSA) is 179 Å². The minimum atomic E-state index is -1.22. The highest BCUT2D eigenvalue weighted by molar-refractivity contribution is 5.65. The summed E-state index contributed by atoms with van der Waals surface area (Å²) >= 11 is 0. The van der Waals surface area contributed by atoms with Crippen molar-refractivity contribution in [2.45, 2.75) is 39.7 Å². The number of rotatable bonds is 9. The number of nitrogens with one attached hydrogen (secondary N) is 1. The molecule has 1 N–H and O–H groups in total. The van der Waals surface area contributed by atoms with E-state index in [9.17, 15) is 29.8 Å². The van der Waals surface area contributed by atoms with Crippen molar-refractivity contribution in [2.24, 2.45) is 0 Å². The molecule has 1 aliphatic rings. The highest BCUT2D eigenvalue weighted by Gasteiger charge is 2.36. The van der Waals surface area contributed by atoms with Crippen LogP contribution < -0.4 is 5.32 Å². The van der Waals surface area contributed by atoms with Crippen molar-refractivity contribution in [3.63, 3.8) is 0 Å². The van der Waals surface area contributed by atoms with E-state index in [-0.39, 0.29) is 22.8 Å². The van der Waals surface area contributed by atoms with Crippen molar-refractivity contribution >= 4 is 18.0 Å². The van der Waals surface area contributed by atoms with Crippen molar-refractivity contribution in [1.29, 1.82) is 0 Å². The maximum atomic E-state index is 12.2. The van der Waals surface area contributed by atoms with Gasteiger partial charge < -0.3 is 29.1 Å². The molecule has 0 bridgehead atoms. The van der Waals surface area contributed by atoms with Gasteiger partial charge >= 0.3 is 12.3 Å². The van der Waals surface area contributed by atoms with E-state index in [1.165, 1.54) is 24.3 Å². The lowest BCUT2D eigenvalue weighted by molar-refractivity contribution is -0.757. The Morgan fingerprint density at radius 2 is 1.65 bits per heavy atom. The van der Waals surface area contributed by atoms with E-state index in [4.69, 9.17) is 18.9 Å². The summed E-state index contributed by atoms with van der Waals surface area (Å²) in [6, 6.07) is 5.47. The lowest BCUT2D eigenvalue weighted by Gasteiger charge is -2.30. The summed E-state index contributed by atoms with van der Waals surface area (Å²) in [7, 11) is 0. The number of nitrogens with zero attached hydrogens (tertiary/aromatic N) is 2. The number of non-ortho nitro benzene ring substituents is 1. The van der Waals surface area contributed by atoms with Crippen LogP contribution in [-0.2, 0) is 23.8 Å². The first-order chi connectivity index (χ1) is 16.0. The van der Waals surface area contributed by atoms with E-state index >= 15 is 0 Å². The fourth-order valence-electron chi connectivity index (χ4n) is 3.01. The van der Waals surface area contributed by atoms with Gasteiger partial charge in [0.05, 0.1) is 22.4 Å². The van der Waals surface area contributed by atoms with Gasteiger partial charge in [-0.2, -0.15) is 0 Å². The molecule has 2 rings (SSSR count). The Bertz CT molecular complexity index is 1030. The molecule has 1 atom stereocenters. The normalized spacial score (nSPS) is 15.4. The Labute approximate surface area is 193 Å². The van der Waals surface area contributed by atoms with Crippen molar-refractivity contribution in [1.82, 2.24) is 5.32 Å². The van der Waals surface area contributed by atoms with Crippen LogP contribution in [0.1, 0.15) is 39.2 Å². The lowest BCUT2D eigenvalue weighted by Crippen LogP contribution is -2.29. The summed E-state index contributed by atoms with van der Waals surface area (Å²) in [6.45, 7) is 5.42. The van der Waals surface area contributed by atoms with E-state index < -0.39 is 47.6 Å². The molecule has 14 nitrogen and oxygen atoms in total. The zero-order valence-corrected chi connectivity index (χ0v) is 18.8. The number of ether oxygens (including phenoxy) is 4. The fraction of sp³-hybridized carbons (Fsp3) is 0.400. The van der Waals surface area contributed by atoms with Gasteiger partial charge in [-0.1, -0.05) is 12.1 Å². The average Bonchev–Trinajstić information content (AvgIpc) is 2.74. The zero-order valence-electron chi connectivity index (χ0n) is 18.8. The molecule has 0 aromatic heterocycles. The molecule has 0 saturated carbocycles. The van der Waals surface area contributed by atoms with Gasteiger partial charge in [0.25, 0.3) is 10.8 Å². The quantitative estimate of drug-likeness (QED) is 0.234. The summed E-state index contributed by atoms with van der Waals surface area (Å²) in [5.74, 6) is -1.15. The third-order valence-electron chi connectivity index (χ3n) is 4.27. The highest BCUT2D eigenvalue weighted by atomic mass is 17.0. The van der Waals surface area contributed by atoms with Crippen LogP contribution in [0.3, 0.4) is 0 Å². The highest BCUT2D eigenvalue weighted by Crippen LogP contribution is 2.40. The van der Waals surface area contributed by atoms with Crippen molar-refractivity contribution < 1.29 is 43.4 Å². The van der Waals surface area contributed by atoms with Crippen LogP contribution in [0.4, 0.5) is 15.3 Å². The van der Waals surface area contributed by atoms with E-state index in [0.717, 1.165) is 0 Å². The summed E-state index contributed by atoms with van der Waals surface area (Å²) in [6.07, 6.45) is -2.73. The fourth-order valence-corrected chi connectivity index (χ4v) is 3.01. The molecule has 0 amide bonds. The number of carbonyl (C=O) groups is 2. The Morgan fingerprint density at radius 3 is 2.21 bits per heavy atom. The first kappa shape index (κ1) is 25.9. The van der Waals surface area contributed by atoms with Gasteiger partial charge in [-0.25, -0.2) is 9.59 Å². The minimum absolute atomic E-state index is 0.0174. The summed E-state index contributed by atoms with van der Waals surface area (Å²) < 4.78 is 20.5. The molecule has 1 aliphatic heterocycles. The SMILES string of the molecule is CC1=C(OC(=O)OCCO[N+](=O)[O-])C(c2cccc([N+](=O)[O-])c2)C(OC(=O)OC(C)C)=C(C)N1. The van der Waals surface area contributed by atoms with Crippen LogP contribution in [0.2, 0.25) is 0 Å². The molecule has 0 radical (unpaired) electrons. The molecule has 34 heavy (non-hydrogen) atoms. The van der Waals surface area contributed by atoms with Crippen LogP contribution in [-0.4, -0.2) is 41.6 Å². The summed E-state index contributed by atoms with van der Waals surface area (Å²) in [5.41, 5.74) is 0.738. The van der Waals surface area contributed by atoms with E-state index in [0.29, 0.717) is 11.4 Å². The van der Waals surface area contributed by atoms with Gasteiger partial charge in [0.1, 0.15) is 30.6 Å². The number of nitro benzene ring substituents is 1. The number of hydrogen-bond acceptors (Lipinski definition) is 12. The number of benzene rings is 1. The monoisotopic (exact) mass is 481 g/mol. The third-order valence-corrected chi connectivity index (χ3v) is 4.27. The summed E-state index contributed by atoms with van der Waals surface area (Å²) in [5, 5.41) is 23.4. The second-order valence-corrected chi connectivity index (χ2v) is 7.16. The maximum absolute atomic E-state index is 12.2. The number of hydrogen-bond donors (Lipinski definition) is 1. The largest absolute Gasteiger partial charge is 0.513 e. The second kappa shape index (κ2) is 11.5. The number of carbonyl (C=O) groups excluding carboxylic acids is 2. The first-order valence-corrected chi connectivity index (χ1v) is 9.92. The van der Waals surface area contributed by atoms with Gasteiger partial charge in [0.2, 0.25) is 0 Å². The van der Waals surface area contributed by atoms with Gasteiger partial charge in [-0.15, -0.1) is 10.1 Å². The Kier molecular flexibility index (Phi) is 8.75. The first-order valence-electron chi connectivity index (χ1n) is 9.92. The number of nitro groups is 1. The van der Waals surface area contributed by atoms with Crippen LogP contribution in [0.25, 0.3) is 0 Å². The van der Waals surface area contributed by atoms with E-state index in [2.05, 4.69) is 10.2 Å². The van der Waals surface area contributed by atoms with Gasteiger partial charge in [-0.3, -0.25) is 10.1 Å². The molecular weight excluding hydrogens is 458 g/mol. The van der Waals surface area contributed by atoms with Crippen molar-refractivity contribution in [2.75, 3.05) is 13.2 Å². The standard InChI is InChI=1S/C20H23N3O11/c1-11(2)32-20(25)34-18-13(4)21-12(3)17(33-19(24)30-8-9-31-23(28)29)16(18)14-6-5-7-15(10-14)22(26)27/h5-7,10-11,16,21H,8-9H2,1-4H3. The van der Waals surface area contributed by atoms with Gasteiger partial charge in [-0.05, 0) is 33.3 Å². The third kappa shape index (κ3) is 7.08. The smallest absolute Gasteiger partial charge is 0.432 e. The minimum Gasteiger partial charge on any atom is -0.432 e. The molecule has 0 aliphatic carbocycles. The maximum Gasteiger partial charge on any atom is 0.513 e. The zero-order chi connectivity index (χ0) is 25.4. The predicted molar refractivity (Wildman–Crippen MR) is 112 cm³/mol. The predicted octanol–water partition coefficient (Wildman–Crippen LogP) is 3.67. The van der Waals surface area contributed by atoms with Crippen molar-refractivity contribution in [3.8, 4) is 0 Å². The van der Waals surface area contributed by atoms with E-state index in [1.54, 1.807) is 27.7 Å².